The zero-order chi connectivity index (χ0) is 28.3. The number of alkyl halides is 3. The Bertz CT molecular complexity index is 1360. The van der Waals surface area contributed by atoms with E-state index in [9.17, 15) is 27.2 Å². The van der Waals surface area contributed by atoms with E-state index in [0.717, 1.165) is 34.9 Å². The number of aromatic nitrogens is 2. The number of benzene rings is 2. The van der Waals surface area contributed by atoms with Crippen molar-refractivity contribution in [3.63, 3.8) is 0 Å². The Balaban J connectivity index is 1.43. The first kappa shape index (κ1) is 28.2. The number of hydrogen-bond acceptors (Lipinski definition) is 4. The lowest BCUT2D eigenvalue weighted by Gasteiger charge is -2.32. The molecule has 1 fully saturated rings. The molecule has 10 heteroatoms. The fraction of sp³-hybridized carbons (Fsp3) is 0.379. The highest BCUT2D eigenvalue weighted by Crippen LogP contribution is 2.34. The first-order valence-corrected chi connectivity index (χ1v) is 12.7. The Labute approximate surface area is 224 Å². The van der Waals surface area contributed by atoms with E-state index in [4.69, 9.17) is 0 Å². The van der Waals surface area contributed by atoms with Crippen molar-refractivity contribution >= 4 is 11.8 Å². The Morgan fingerprint density at radius 1 is 1.05 bits per heavy atom. The maximum absolute atomic E-state index is 14.2. The summed E-state index contributed by atoms with van der Waals surface area (Å²) >= 11 is 0. The van der Waals surface area contributed by atoms with E-state index in [2.05, 4.69) is 21.4 Å². The summed E-state index contributed by atoms with van der Waals surface area (Å²) < 4.78 is 54.3. The minimum atomic E-state index is -4.76. The van der Waals surface area contributed by atoms with Crippen LogP contribution in [0, 0.1) is 26.6 Å². The number of piperidine rings is 1. The summed E-state index contributed by atoms with van der Waals surface area (Å²) in [6.45, 7) is 6.57. The average molecular weight is 543 g/mol. The number of aryl methyl sites for hydroxylation is 3. The molecule has 6 nitrogen and oxygen atoms in total. The van der Waals surface area contributed by atoms with E-state index in [-0.39, 0.29) is 24.9 Å². The molecular weight excluding hydrogens is 512 g/mol. The molecule has 0 radical (unpaired) electrons. The lowest BCUT2D eigenvalue weighted by molar-refractivity contribution is -0.139. The smallest absolute Gasteiger partial charge is 0.348 e. The van der Waals surface area contributed by atoms with Crippen LogP contribution in [0.25, 0.3) is 0 Å². The Morgan fingerprint density at radius 2 is 1.72 bits per heavy atom. The van der Waals surface area contributed by atoms with E-state index < -0.39 is 35.4 Å². The molecule has 0 spiro atoms. The SMILES string of the molecule is Cc1cc(C)cc(CNC(=O)c2cnc(C)nc2C2CCN(C(=O)Cc3c(F)cccc3C(F)(F)F)CC2)c1. The topological polar surface area (TPSA) is 75.2 Å². The third-order valence-electron chi connectivity index (χ3n) is 6.90. The summed E-state index contributed by atoms with van der Waals surface area (Å²) in [4.78, 5) is 36.1. The molecular formula is C29H30F4N4O2. The number of rotatable bonds is 6. The second-order valence-electron chi connectivity index (χ2n) is 9.99. The van der Waals surface area contributed by atoms with Crippen molar-refractivity contribution in [2.75, 3.05) is 13.1 Å². The molecule has 3 aromatic rings. The standard InChI is InChI=1S/C29H30F4N4O2/c1-17-11-18(2)13-20(12-17)15-35-28(39)23-16-34-19(3)36-27(23)21-7-9-37(10-8-21)26(38)14-22-24(29(31,32)33)5-4-6-25(22)30/h4-6,11-13,16,21H,7-10,14-15H2,1-3H3,(H,35,39). The van der Waals surface area contributed by atoms with Gasteiger partial charge in [0.15, 0.2) is 0 Å². The van der Waals surface area contributed by atoms with Gasteiger partial charge in [0.25, 0.3) is 5.91 Å². The van der Waals surface area contributed by atoms with Gasteiger partial charge in [-0.1, -0.05) is 35.4 Å². The fourth-order valence-corrected chi connectivity index (χ4v) is 5.09. The highest BCUT2D eigenvalue weighted by molar-refractivity contribution is 5.95. The first-order chi connectivity index (χ1) is 18.4. The van der Waals surface area contributed by atoms with Crippen molar-refractivity contribution in [1.29, 1.82) is 0 Å². The van der Waals surface area contributed by atoms with E-state index in [1.165, 1.54) is 11.1 Å². The average Bonchev–Trinajstić information content (AvgIpc) is 2.87. The molecule has 0 bridgehead atoms. The minimum absolute atomic E-state index is 0.142. The van der Waals surface area contributed by atoms with Crippen LogP contribution >= 0.6 is 0 Å². The molecule has 39 heavy (non-hydrogen) atoms. The van der Waals surface area contributed by atoms with Crippen LogP contribution in [0.1, 0.15) is 68.5 Å². The monoisotopic (exact) mass is 542 g/mol. The van der Waals surface area contributed by atoms with Gasteiger partial charge in [0.05, 0.1) is 23.2 Å². The van der Waals surface area contributed by atoms with Crippen LogP contribution in [0.4, 0.5) is 17.6 Å². The zero-order valence-corrected chi connectivity index (χ0v) is 22.0. The quantitative estimate of drug-likeness (QED) is 0.421. The Morgan fingerprint density at radius 3 is 2.36 bits per heavy atom. The van der Waals surface area contributed by atoms with Gasteiger partial charge < -0.3 is 10.2 Å². The molecule has 1 aliphatic rings. The van der Waals surface area contributed by atoms with Gasteiger partial charge in [-0.25, -0.2) is 14.4 Å². The molecule has 0 saturated carbocycles. The molecule has 2 aromatic carbocycles. The van der Waals surface area contributed by atoms with E-state index >= 15 is 0 Å². The summed E-state index contributed by atoms with van der Waals surface area (Å²) in [5.74, 6) is -1.57. The minimum Gasteiger partial charge on any atom is -0.348 e. The molecule has 206 valence electrons. The predicted octanol–water partition coefficient (Wildman–Crippen LogP) is 5.44. The van der Waals surface area contributed by atoms with Gasteiger partial charge in [0.1, 0.15) is 11.6 Å². The van der Waals surface area contributed by atoms with Crippen molar-refractivity contribution in [2.24, 2.45) is 0 Å². The first-order valence-electron chi connectivity index (χ1n) is 12.7. The van der Waals surface area contributed by atoms with E-state index in [1.807, 2.05) is 26.0 Å². The van der Waals surface area contributed by atoms with Gasteiger partial charge in [0.2, 0.25) is 5.91 Å². The third kappa shape index (κ3) is 6.79. The number of likely N-dealkylation sites (tertiary alicyclic amines) is 1. The molecule has 0 aliphatic carbocycles. The fourth-order valence-electron chi connectivity index (χ4n) is 5.09. The van der Waals surface area contributed by atoms with Crippen LogP contribution in [0.2, 0.25) is 0 Å². The van der Waals surface area contributed by atoms with Crippen molar-refractivity contribution in [3.8, 4) is 0 Å². The van der Waals surface area contributed by atoms with Gasteiger partial charge in [-0.3, -0.25) is 9.59 Å². The molecule has 2 heterocycles. The highest BCUT2D eigenvalue weighted by atomic mass is 19.4. The normalized spacial score (nSPS) is 14.4. The van der Waals surface area contributed by atoms with Crippen LogP contribution < -0.4 is 5.32 Å². The molecule has 0 atom stereocenters. The van der Waals surface area contributed by atoms with Crippen molar-refractivity contribution in [2.45, 2.75) is 58.7 Å². The number of nitrogens with one attached hydrogen (secondary N) is 1. The molecule has 1 aliphatic heterocycles. The molecule has 1 N–H and O–H groups in total. The van der Waals surface area contributed by atoms with E-state index in [0.29, 0.717) is 36.5 Å². The number of carbonyl (C=O) groups excluding carboxylic acids is 2. The largest absolute Gasteiger partial charge is 0.416 e. The van der Waals surface area contributed by atoms with Crippen molar-refractivity contribution in [1.82, 2.24) is 20.2 Å². The van der Waals surface area contributed by atoms with Crippen LogP contribution in [0.3, 0.4) is 0 Å². The summed E-state index contributed by atoms with van der Waals surface area (Å²) in [5, 5.41) is 2.93. The lowest BCUT2D eigenvalue weighted by atomic mass is 9.90. The predicted molar refractivity (Wildman–Crippen MR) is 138 cm³/mol. The van der Waals surface area contributed by atoms with Crippen molar-refractivity contribution < 1.29 is 27.2 Å². The Hall–Kier alpha value is -3.82. The van der Waals surface area contributed by atoms with Crippen LogP contribution in [-0.2, 0) is 23.9 Å². The number of nitrogens with zero attached hydrogens (tertiary/aromatic N) is 3. The van der Waals surface area contributed by atoms with Gasteiger partial charge in [0, 0.05) is 37.3 Å². The molecule has 4 rings (SSSR count). The van der Waals surface area contributed by atoms with Gasteiger partial charge >= 0.3 is 6.18 Å². The maximum atomic E-state index is 14.2. The number of halogens is 4. The van der Waals surface area contributed by atoms with Crippen molar-refractivity contribution in [3.05, 3.63) is 93.3 Å². The molecule has 1 aromatic heterocycles. The second-order valence-corrected chi connectivity index (χ2v) is 9.99. The van der Waals surface area contributed by atoms with Gasteiger partial charge in [-0.2, -0.15) is 13.2 Å². The second kappa shape index (κ2) is 11.5. The summed E-state index contributed by atoms with van der Waals surface area (Å²) in [6, 6.07) is 8.75. The summed E-state index contributed by atoms with van der Waals surface area (Å²) in [7, 11) is 0. The highest BCUT2D eigenvalue weighted by Gasteiger charge is 2.36. The number of amides is 2. The number of hydrogen-bond donors (Lipinski definition) is 1. The number of carbonyl (C=O) groups is 2. The van der Waals surface area contributed by atoms with Gasteiger partial charge in [-0.15, -0.1) is 0 Å². The summed E-state index contributed by atoms with van der Waals surface area (Å²) in [6.07, 6.45) is -3.01. The van der Waals surface area contributed by atoms with Crippen LogP contribution in [0.15, 0.2) is 42.6 Å². The maximum Gasteiger partial charge on any atom is 0.416 e. The Kier molecular flexibility index (Phi) is 8.32. The molecule has 1 saturated heterocycles. The van der Waals surface area contributed by atoms with Crippen LogP contribution in [0.5, 0.6) is 0 Å². The molecule has 0 unspecified atom stereocenters. The van der Waals surface area contributed by atoms with Crippen LogP contribution in [-0.4, -0.2) is 39.8 Å². The zero-order valence-electron chi connectivity index (χ0n) is 22.0. The van der Waals surface area contributed by atoms with E-state index in [1.54, 1.807) is 6.92 Å². The lowest BCUT2D eigenvalue weighted by Crippen LogP contribution is -2.39. The third-order valence-corrected chi connectivity index (χ3v) is 6.90. The molecule has 2 amide bonds. The van der Waals surface area contributed by atoms with Gasteiger partial charge in [-0.05, 0) is 51.3 Å². The summed E-state index contributed by atoms with van der Waals surface area (Å²) in [5.41, 5.74) is 2.33.